The molecule has 5 heteroatoms. The van der Waals surface area contributed by atoms with Crippen LogP contribution in [0.4, 0.5) is 11.4 Å². The average Bonchev–Trinajstić information content (AvgIpc) is 3.10. The third-order valence-corrected chi connectivity index (χ3v) is 7.40. The Morgan fingerprint density at radius 2 is 1.90 bits per heavy atom. The Hall–Kier alpha value is -2.84. The molecule has 0 saturated carbocycles. The number of nitriles is 1. The number of carbonyl (C=O) groups is 1. The Labute approximate surface area is 184 Å². The van der Waals surface area contributed by atoms with Crippen molar-refractivity contribution < 1.29 is 4.79 Å². The zero-order valence-corrected chi connectivity index (χ0v) is 18.1. The van der Waals surface area contributed by atoms with Crippen LogP contribution in [0.25, 0.3) is 0 Å². The summed E-state index contributed by atoms with van der Waals surface area (Å²) in [4.78, 5) is 17.8. The van der Waals surface area contributed by atoms with Crippen molar-refractivity contribution in [3.63, 3.8) is 0 Å². The van der Waals surface area contributed by atoms with Gasteiger partial charge in [0.2, 0.25) is 5.91 Å². The second kappa shape index (κ2) is 8.36. The van der Waals surface area contributed by atoms with Crippen molar-refractivity contribution in [1.82, 2.24) is 4.90 Å². The van der Waals surface area contributed by atoms with Crippen molar-refractivity contribution >= 4 is 17.3 Å². The topological polar surface area (TPSA) is 59.4 Å². The third kappa shape index (κ3) is 3.70. The molecule has 5 rings (SSSR count). The molecule has 2 aromatic rings. The van der Waals surface area contributed by atoms with Gasteiger partial charge in [0.05, 0.1) is 17.0 Å². The Kier molecular flexibility index (Phi) is 5.41. The first-order valence-corrected chi connectivity index (χ1v) is 11.6. The lowest BCUT2D eigenvalue weighted by Crippen LogP contribution is -2.46. The number of hydrogen-bond donors (Lipinski definition) is 1. The summed E-state index contributed by atoms with van der Waals surface area (Å²) in [5.41, 5.74) is 5.32. The van der Waals surface area contributed by atoms with Gasteiger partial charge in [0.25, 0.3) is 0 Å². The van der Waals surface area contributed by atoms with E-state index in [1.807, 2.05) is 18.2 Å². The van der Waals surface area contributed by atoms with Crippen molar-refractivity contribution in [2.45, 2.75) is 43.9 Å². The third-order valence-electron chi connectivity index (χ3n) is 7.40. The van der Waals surface area contributed by atoms with E-state index in [9.17, 15) is 4.79 Å². The van der Waals surface area contributed by atoms with Crippen LogP contribution in [0.5, 0.6) is 0 Å². The highest BCUT2D eigenvalue weighted by Gasteiger charge is 2.48. The number of unbranched alkanes of at least 4 members (excludes halogenated alkanes) is 1. The van der Waals surface area contributed by atoms with Crippen molar-refractivity contribution in [2.24, 2.45) is 0 Å². The molecule has 1 saturated heterocycles. The van der Waals surface area contributed by atoms with Crippen LogP contribution < -0.4 is 10.2 Å². The van der Waals surface area contributed by atoms with Gasteiger partial charge in [-0.15, -0.1) is 0 Å². The second-order valence-corrected chi connectivity index (χ2v) is 9.18. The molecule has 1 amide bonds. The Bertz CT molecular complexity index is 1020. The van der Waals surface area contributed by atoms with Crippen LogP contribution in [-0.4, -0.2) is 43.5 Å². The fourth-order valence-corrected chi connectivity index (χ4v) is 5.78. The van der Waals surface area contributed by atoms with Gasteiger partial charge in [-0.3, -0.25) is 9.69 Å². The minimum Gasteiger partial charge on any atom is -0.369 e. The average molecular weight is 415 g/mol. The van der Waals surface area contributed by atoms with Gasteiger partial charge >= 0.3 is 0 Å². The monoisotopic (exact) mass is 414 g/mol. The maximum atomic E-state index is 12.9. The van der Waals surface area contributed by atoms with E-state index < -0.39 is 0 Å². The van der Waals surface area contributed by atoms with Gasteiger partial charge in [-0.05, 0) is 74.0 Å². The van der Waals surface area contributed by atoms with E-state index >= 15 is 0 Å². The number of nitrogens with one attached hydrogen (secondary N) is 1. The molecule has 1 unspecified atom stereocenters. The van der Waals surface area contributed by atoms with Crippen molar-refractivity contribution in [2.75, 3.05) is 42.9 Å². The van der Waals surface area contributed by atoms with Crippen LogP contribution >= 0.6 is 0 Å². The number of nitrogens with zero attached hydrogens (tertiary/aromatic N) is 3. The van der Waals surface area contributed by atoms with Gasteiger partial charge < -0.3 is 10.2 Å². The van der Waals surface area contributed by atoms with E-state index in [1.54, 1.807) is 0 Å². The van der Waals surface area contributed by atoms with Crippen LogP contribution in [0.1, 0.15) is 48.8 Å². The SMILES string of the molecule is N#Cc1cccc(N2CCN(CCCCC34CCCc5cccc(c53)NC4=O)CC2)c1. The molecule has 160 valence electrons. The molecule has 0 spiro atoms. The standard InChI is InChI=1S/C26H30N4O/c27-19-20-6-3-9-22(18-20)30-16-14-29(15-17-30)13-2-1-11-26-12-5-8-21-7-4-10-23(24(21)26)28-25(26)31/h3-4,6-7,9-10,18H,1-2,5,8,11-17H2,(H,28,31). The van der Waals surface area contributed by atoms with E-state index in [1.165, 1.54) is 11.1 Å². The maximum Gasteiger partial charge on any atom is 0.235 e. The minimum absolute atomic E-state index is 0.225. The molecule has 3 aliphatic rings. The highest BCUT2D eigenvalue weighted by molar-refractivity contribution is 6.07. The summed E-state index contributed by atoms with van der Waals surface area (Å²) < 4.78 is 0. The first kappa shape index (κ1) is 20.1. The van der Waals surface area contributed by atoms with Crippen molar-refractivity contribution in [1.29, 1.82) is 5.26 Å². The van der Waals surface area contributed by atoms with E-state index in [0.717, 1.165) is 88.2 Å². The number of rotatable bonds is 6. The molecule has 5 nitrogen and oxygen atoms in total. The number of hydrogen-bond acceptors (Lipinski definition) is 4. The molecule has 1 fully saturated rings. The van der Waals surface area contributed by atoms with Gasteiger partial charge in [0.1, 0.15) is 0 Å². The fourth-order valence-electron chi connectivity index (χ4n) is 5.78. The molecule has 1 N–H and O–H groups in total. The number of benzene rings is 2. The highest BCUT2D eigenvalue weighted by atomic mass is 16.2. The normalized spacial score (nSPS) is 22.7. The second-order valence-electron chi connectivity index (χ2n) is 9.18. The smallest absolute Gasteiger partial charge is 0.235 e. The molecule has 2 aliphatic heterocycles. The lowest BCUT2D eigenvalue weighted by molar-refractivity contribution is -0.121. The summed E-state index contributed by atoms with van der Waals surface area (Å²) in [7, 11) is 0. The summed E-state index contributed by atoms with van der Waals surface area (Å²) in [6.45, 7) is 5.19. The quantitative estimate of drug-likeness (QED) is 0.724. The van der Waals surface area contributed by atoms with E-state index in [-0.39, 0.29) is 11.3 Å². The number of aryl methyl sites for hydroxylation is 1. The maximum absolute atomic E-state index is 12.9. The van der Waals surface area contributed by atoms with Gasteiger partial charge in [-0.2, -0.15) is 5.26 Å². The Morgan fingerprint density at radius 3 is 2.74 bits per heavy atom. The fraction of sp³-hybridized carbons (Fsp3) is 0.462. The summed E-state index contributed by atoms with van der Waals surface area (Å²) in [6, 6.07) is 16.5. The van der Waals surface area contributed by atoms with E-state index in [2.05, 4.69) is 45.5 Å². The molecule has 0 bridgehead atoms. The van der Waals surface area contributed by atoms with Gasteiger partial charge in [-0.1, -0.05) is 24.6 Å². The number of amides is 1. The van der Waals surface area contributed by atoms with E-state index in [4.69, 9.17) is 5.26 Å². The first-order chi connectivity index (χ1) is 15.2. The summed E-state index contributed by atoms with van der Waals surface area (Å²) in [5.74, 6) is 0.225. The molecule has 1 atom stereocenters. The number of carbonyl (C=O) groups excluding carboxylic acids is 1. The zero-order chi connectivity index (χ0) is 21.3. The number of piperazine rings is 1. The van der Waals surface area contributed by atoms with Gasteiger partial charge in [-0.25, -0.2) is 0 Å². The molecule has 1 aliphatic carbocycles. The Morgan fingerprint density at radius 1 is 1.06 bits per heavy atom. The van der Waals surface area contributed by atoms with Crippen molar-refractivity contribution in [3.05, 3.63) is 59.2 Å². The summed E-state index contributed by atoms with van der Waals surface area (Å²) in [6.07, 6.45) is 6.38. The first-order valence-electron chi connectivity index (χ1n) is 11.6. The summed E-state index contributed by atoms with van der Waals surface area (Å²) in [5, 5.41) is 12.3. The number of anilines is 2. The van der Waals surface area contributed by atoms with Crippen LogP contribution in [0.15, 0.2) is 42.5 Å². The lowest BCUT2D eigenvalue weighted by atomic mass is 9.68. The van der Waals surface area contributed by atoms with Crippen LogP contribution in [-0.2, 0) is 16.6 Å². The minimum atomic E-state index is -0.283. The molecule has 2 heterocycles. The molecular weight excluding hydrogens is 384 g/mol. The van der Waals surface area contributed by atoms with Crippen LogP contribution in [0.3, 0.4) is 0 Å². The largest absolute Gasteiger partial charge is 0.369 e. The molecule has 0 radical (unpaired) electrons. The predicted molar refractivity (Wildman–Crippen MR) is 123 cm³/mol. The van der Waals surface area contributed by atoms with Crippen LogP contribution in [0, 0.1) is 11.3 Å². The predicted octanol–water partition coefficient (Wildman–Crippen LogP) is 4.08. The van der Waals surface area contributed by atoms with Crippen molar-refractivity contribution in [3.8, 4) is 6.07 Å². The zero-order valence-electron chi connectivity index (χ0n) is 18.1. The summed E-state index contributed by atoms with van der Waals surface area (Å²) >= 11 is 0. The van der Waals surface area contributed by atoms with Gasteiger partial charge in [0.15, 0.2) is 0 Å². The molecule has 0 aromatic heterocycles. The molecular formula is C26H30N4O. The molecule has 2 aromatic carbocycles. The lowest BCUT2D eigenvalue weighted by Gasteiger charge is -2.36. The Balaban J connectivity index is 1.13. The van der Waals surface area contributed by atoms with Crippen LogP contribution in [0.2, 0.25) is 0 Å². The van der Waals surface area contributed by atoms with Gasteiger partial charge in [0, 0.05) is 37.6 Å². The van der Waals surface area contributed by atoms with E-state index in [0.29, 0.717) is 0 Å². The highest BCUT2D eigenvalue weighted by Crippen LogP contribution is 2.49. The molecule has 31 heavy (non-hydrogen) atoms.